The fourth-order valence-corrected chi connectivity index (χ4v) is 1.95. The summed E-state index contributed by atoms with van der Waals surface area (Å²) in [6.45, 7) is 4.26. The second kappa shape index (κ2) is 6.15. The van der Waals surface area contributed by atoms with Gasteiger partial charge >= 0.3 is 0 Å². The number of thiocarbonyl (C=S) groups is 1. The molecule has 0 atom stereocenters. The number of ether oxygens (including phenoxy) is 1. The molecule has 0 aliphatic rings. The number of anilines is 1. The maximum absolute atomic E-state index is 5.30. The summed E-state index contributed by atoms with van der Waals surface area (Å²) in [6.07, 6.45) is 3.49. The molecule has 0 aliphatic heterocycles. The first-order chi connectivity index (χ1) is 9.26. The van der Waals surface area contributed by atoms with E-state index in [-0.39, 0.29) is 0 Å². The molecule has 1 aromatic heterocycles. The quantitative estimate of drug-likeness (QED) is 0.662. The molecule has 5 heteroatoms. The minimum atomic E-state index is 0.551. The molecule has 0 saturated heterocycles. The standard InChI is InChI=1S/C14H15N3OS/c1-3-8-16-14(19)17-11-6-7-12(18-2)13-10(11)5-4-9-15-13/h3-7,9H,1,8H2,2H3,(H2,16,17,19). The first-order valence-corrected chi connectivity index (χ1v) is 6.24. The average Bonchev–Trinajstić information content (AvgIpc) is 2.45. The number of hydrogen-bond acceptors (Lipinski definition) is 3. The molecule has 98 valence electrons. The number of pyridine rings is 1. The lowest BCUT2D eigenvalue weighted by Gasteiger charge is -2.12. The number of aromatic nitrogens is 1. The third-order valence-electron chi connectivity index (χ3n) is 2.61. The van der Waals surface area contributed by atoms with Gasteiger partial charge in [-0.1, -0.05) is 6.08 Å². The van der Waals surface area contributed by atoms with E-state index in [1.54, 1.807) is 19.4 Å². The fourth-order valence-electron chi connectivity index (χ4n) is 1.75. The van der Waals surface area contributed by atoms with E-state index in [9.17, 15) is 0 Å². The number of hydrogen-bond donors (Lipinski definition) is 2. The van der Waals surface area contributed by atoms with Crippen LogP contribution in [0.1, 0.15) is 0 Å². The molecule has 0 saturated carbocycles. The molecule has 1 heterocycles. The van der Waals surface area contributed by atoms with Crippen molar-refractivity contribution < 1.29 is 4.74 Å². The minimum Gasteiger partial charge on any atom is -0.494 e. The fraction of sp³-hybridized carbons (Fsp3) is 0.143. The Bertz CT molecular complexity index is 613. The average molecular weight is 273 g/mol. The van der Waals surface area contributed by atoms with Crippen molar-refractivity contribution in [3.05, 3.63) is 43.1 Å². The summed E-state index contributed by atoms with van der Waals surface area (Å²) in [5.41, 5.74) is 1.70. The maximum Gasteiger partial charge on any atom is 0.171 e. The van der Waals surface area contributed by atoms with Crippen molar-refractivity contribution in [2.75, 3.05) is 19.0 Å². The van der Waals surface area contributed by atoms with Crippen LogP contribution >= 0.6 is 12.2 Å². The van der Waals surface area contributed by atoms with E-state index in [1.165, 1.54) is 0 Å². The highest BCUT2D eigenvalue weighted by atomic mass is 32.1. The number of methoxy groups -OCH3 is 1. The molecular formula is C14H15N3OS. The highest BCUT2D eigenvalue weighted by Gasteiger charge is 2.07. The minimum absolute atomic E-state index is 0.551. The molecule has 1 aromatic carbocycles. The highest BCUT2D eigenvalue weighted by molar-refractivity contribution is 7.80. The van der Waals surface area contributed by atoms with Gasteiger partial charge in [-0.25, -0.2) is 0 Å². The number of benzene rings is 1. The summed E-state index contributed by atoms with van der Waals surface area (Å²) in [6, 6.07) is 7.65. The van der Waals surface area contributed by atoms with Crippen LogP contribution in [0.25, 0.3) is 10.9 Å². The van der Waals surface area contributed by atoms with Gasteiger partial charge in [0.15, 0.2) is 5.11 Å². The van der Waals surface area contributed by atoms with E-state index in [0.29, 0.717) is 11.7 Å². The molecule has 2 N–H and O–H groups in total. The molecule has 4 nitrogen and oxygen atoms in total. The Hall–Kier alpha value is -2.14. The predicted octanol–water partition coefficient (Wildman–Crippen LogP) is 2.72. The van der Waals surface area contributed by atoms with Crippen molar-refractivity contribution >= 4 is 33.9 Å². The van der Waals surface area contributed by atoms with Gasteiger partial charge in [0.1, 0.15) is 11.3 Å². The topological polar surface area (TPSA) is 46.2 Å². The molecule has 0 bridgehead atoms. The Kier molecular flexibility index (Phi) is 4.30. The molecular weight excluding hydrogens is 258 g/mol. The summed E-state index contributed by atoms with van der Waals surface area (Å²) in [5, 5.41) is 7.69. The van der Waals surface area contributed by atoms with Gasteiger partial charge < -0.3 is 15.4 Å². The van der Waals surface area contributed by atoms with E-state index in [2.05, 4.69) is 22.2 Å². The lowest BCUT2D eigenvalue weighted by Crippen LogP contribution is -2.28. The van der Waals surface area contributed by atoms with Crippen molar-refractivity contribution in [2.45, 2.75) is 0 Å². The van der Waals surface area contributed by atoms with Gasteiger partial charge in [-0.2, -0.15) is 0 Å². The zero-order valence-corrected chi connectivity index (χ0v) is 11.5. The van der Waals surface area contributed by atoms with Crippen LogP contribution in [0, 0.1) is 0 Å². The largest absolute Gasteiger partial charge is 0.494 e. The molecule has 0 aliphatic carbocycles. The van der Waals surface area contributed by atoms with Gasteiger partial charge in [0.05, 0.1) is 7.11 Å². The smallest absolute Gasteiger partial charge is 0.171 e. The van der Waals surface area contributed by atoms with Crippen molar-refractivity contribution in [1.29, 1.82) is 0 Å². The van der Waals surface area contributed by atoms with Crippen LogP contribution in [0.3, 0.4) is 0 Å². The van der Waals surface area contributed by atoms with Crippen molar-refractivity contribution in [3.63, 3.8) is 0 Å². The SMILES string of the molecule is C=CCNC(=S)Nc1ccc(OC)c2ncccc12. The molecule has 2 aromatic rings. The molecule has 0 amide bonds. The number of rotatable bonds is 4. The zero-order valence-electron chi connectivity index (χ0n) is 10.6. The monoisotopic (exact) mass is 273 g/mol. The number of nitrogens with one attached hydrogen (secondary N) is 2. The third-order valence-corrected chi connectivity index (χ3v) is 2.85. The van der Waals surface area contributed by atoms with Crippen LogP contribution in [-0.2, 0) is 0 Å². The van der Waals surface area contributed by atoms with Crippen molar-refractivity contribution in [1.82, 2.24) is 10.3 Å². The molecule has 2 rings (SSSR count). The van der Waals surface area contributed by atoms with Crippen LogP contribution in [-0.4, -0.2) is 23.8 Å². The molecule has 0 radical (unpaired) electrons. The van der Waals surface area contributed by atoms with Gasteiger partial charge in [0, 0.05) is 23.8 Å². The van der Waals surface area contributed by atoms with Crippen LogP contribution in [0.5, 0.6) is 5.75 Å². The third kappa shape index (κ3) is 3.00. The van der Waals surface area contributed by atoms with Gasteiger partial charge in [-0.05, 0) is 36.5 Å². The van der Waals surface area contributed by atoms with Crippen LogP contribution in [0.2, 0.25) is 0 Å². The maximum atomic E-state index is 5.30. The Morgan fingerprint density at radius 1 is 1.47 bits per heavy atom. The number of nitrogens with zero attached hydrogens (tertiary/aromatic N) is 1. The van der Waals surface area contributed by atoms with Gasteiger partial charge in [-0.3, -0.25) is 4.98 Å². The van der Waals surface area contributed by atoms with E-state index in [4.69, 9.17) is 17.0 Å². The van der Waals surface area contributed by atoms with Crippen LogP contribution in [0.4, 0.5) is 5.69 Å². The normalized spacial score (nSPS) is 9.95. The summed E-state index contributed by atoms with van der Waals surface area (Å²) in [7, 11) is 1.63. The van der Waals surface area contributed by atoms with Gasteiger partial charge in [-0.15, -0.1) is 6.58 Å². The predicted molar refractivity (Wildman–Crippen MR) is 82.7 cm³/mol. The lowest BCUT2D eigenvalue weighted by molar-refractivity contribution is 0.419. The first-order valence-electron chi connectivity index (χ1n) is 5.83. The summed E-state index contributed by atoms with van der Waals surface area (Å²) in [5.74, 6) is 0.742. The highest BCUT2D eigenvalue weighted by Crippen LogP contribution is 2.29. The van der Waals surface area contributed by atoms with E-state index >= 15 is 0 Å². The van der Waals surface area contributed by atoms with E-state index < -0.39 is 0 Å². The van der Waals surface area contributed by atoms with Crippen molar-refractivity contribution in [2.24, 2.45) is 0 Å². The van der Waals surface area contributed by atoms with Gasteiger partial charge in [0.25, 0.3) is 0 Å². The molecule has 0 spiro atoms. The summed E-state index contributed by atoms with van der Waals surface area (Å²) >= 11 is 5.20. The van der Waals surface area contributed by atoms with Crippen LogP contribution < -0.4 is 15.4 Å². The Morgan fingerprint density at radius 2 is 2.32 bits per heavy atom. The molecule has 19 heavy (non-hydrogen) atoms. The Morgan fingerprint density at radius 3 is 3.05 bits per heavy atom. The second-order valence-corrected chi connectivity index (χ2v) is 4.25. The lowest BCUT2D eigenvalue weighted by atomic mass is 10.1. The molecule has 0 fully saturated rings. The summed E-state index contributed by atoms with van der Waals surface area (Å²) in [4.78, 5) is 4.34. The zero-order chi connectivity index (χ0) is 13.7. The molecule has 0 unspecified atom stereocenters. The van der Waals surface area contributed by atoms with E-state index in [1.807, 2.05) is 24.3 Å². The van der Waals surface area contributed by atoms with E-state index in [0.717, 1.165) is 22.3 Å². The summed E-state index contributed by atoms with van der Waals surface area (Å²) < 4.78 is 5.30. The Balaban J connectivity index is 2.34. The first kappa shape index (κ1) is 13.3. The van der Waals surface area contributed by atoms with Crippen molar-refractivity contribution in [3.8, 4) is 5.75 Å². The second-order valence-electron chi connectivity index (χ2n) is 3.84. The Labute approximate surface area is 117 Å². The van der Waals surface area contributed by atoms with Gasteiger partial charge in [0.2, 0.25) is 0 Å². The number of fused-ring (bicyclic) bond motifs is 1. The van der Waals surface area contributed by atoms with Crippen LogP contribution in [0.15, 0.2) is 43.1 Å².